The summed E-state index contributed by atoms with van der Waals surface area (Å²) in [6.45, 7) is 0.474. The van der Waals surface area contributed by atoms with Crippen LogP contribution in [-0.2, 0) is 6.54 Å². The highest BCUT2D eigenvalue weighted by Crippen LogP contribution is 2.14. The molecule has 0 bridgehead atoms. The smallest absolute Gasteiger partial charge is 0.255 e. The van der Waals surface area contributed by atoms with Gasteiger partial charge in [0, 0.05) is 27.8 Å². The van der Waals surface area contributed by atoms with Crippen LogP contribution in [-0.4, -0.2) is 11.8 Å². The summed E-state index contributed by atoms with van der Waals surface area (Å²) in [4.78, 5) is 24.4. The van der Waals surface area contributed by atoms with Crippen molar-refractivity contribution < 1.29 is 9.59 Å². The molecule has 0 unspecified atom stereocenters. The zero-order valence-corrected chi connectivity index (χ0v) is 15.5. The summed E-state index contributed by atoms with van der Waals surface area (Å²) >= 11 is 3.34. The van der Waals surface area contributed by atoms with Gasteiger partial charge in [0.1, 0.15) is 0 Å². The molecule has 0 atom stereocenters. The van der Waals surface area contributed by atoms with Crippen LogP contribution in [0, 0.1) is 0 Å². The Morgan fingerprint density at radius 1 is 0.731 bits per heavy atom. The highest BCUT2D eigenvalue weighted by Gasteiger charge is 2.08. The number of amides is 2. The van der Waals surface area contributed by atoms with Crippen LogP contribution in [0.1, 0.15) is 26.3 Å². The van der Waals surface area contributed by atoms with Gasteiger partial charge in [-0.15, -0.1) is 0 Å². The minimum atomic E-state index is -0.196. The molecular formula is C21H17BrN2O2. The molecule has 3 aromatic carbocycles. The van der Waals surface area contributed by atoms with E-state index in [4.69, 9.17) is 0 Å². The van der Waals surface area contributed by atoms with Crippen LogP contribution in [0.2, 0.25) is 0 Å². The minimum absolute atomic E-state index is 0.153. The largest absolute Gasteiger partial charge is 0.348 e. The molecule has 130 valence electrons. The Hall–Kier alpha value is -2.92. The van der Waals surface area contributed by atoms with Crippen LogP contribution < -0.4 is 10.6 Å². The van der Waals surface area contributed by atoms with E-state index in [1.807, 2.05) is 42.5 Å². The monoisotopic (exact) mass is 408 g/mol. The normalized spacial score (nSPS) is 10.2. The highest BCUT2D eigenvalue weighted by molar-refractivity contribution is 9.10. The second kappa shape index (κ2) is 8.45. The van der Waals surface area contributed by atoms with E-state index in [9.17, 15) is 9.59 Å². The van der Waals surface area contributed by atoms with Gasteiger partial charge in [0.25, 0.3) is 11.8 Å². The number of rotatable bonds is 5. The van der Waals surface area contributed by atoms with Crippen LogP contribution >= 0.6 is 15.9 Å². The zero-order chi connectivity index (χ0) is 18.4. The molecule has 3 aromatic rings. The van der Waals surface area contributed by atoms with Gasteiger partial charge in [-0.1, -0.05) is 46.3 Å². The predicted octanol–water partition coefficient (Wildman–Crippen LogP) is 4.63. The van der Waals surface area contributed by atoms with E-state index >= 15 is 0 Å². The molecule has 3 rings (SSSR count). The van der Waals surface area contributed by atoms with Gasteiger partial charge in [0.15, 0.2) is 0 Å². The zero-order valence-electron chi connectivity index (χ0n) is 13.9. The molecule has 0 fully saturated rings. The average molecular weight is 409 g/mol. The van der Waals surface area contributed by atoms with Gasteiger partial charge in [-0.05, 0) is 54.1 Å². The fourth-order valence-corrected chi connectivity index (χ4v) is 2.65. The number of carbonyl (C=O) groups is 2. The number of hydrogen-bond acceptors (Lipinski definition) is 2. The third kappa shape index (κ3) is 4.80. The van der Waals surface area contributed by atoms with Crippen molar-refractivity contribution in [1.29, 1.82) is 0 Å². The summed E-state index contributed by atoms with van der Waals surface area (Å²) in [6.07, 6.45) is 0. The van der Waals surface area contributed by atoms with Gasteiger partial charge in [0.2, 0.25) is 0 Å². The molecule has 26 heavy (non-hydrogen) atoms. The van der Waals surface area contributed by atoms with Crippen molar-refractivity contribution >= 4 is 33.4 Å². The number of carbonyl (C=O) groups excluding carboxylic acids is 2. The third-order valence-electron chi connectivity index (χ3n) is 3.81. The van der Waals surface area contributed by atoms with Gasteiger partial charge in [-0.25, -0.2) is 0 Å². The maximum Gasteiger partial charge on any atom is 0.255 e. The van der Waals surface area contributed by atoms with Crippen LogP contribution in [0.5, 0.6) is 0 Å². The van der Waals surface area contributed by atoms with E-state index in [-0.39, 0.29) is 11.8 Å². The van der Waals surface area contributed by atoms with E-state index in [1.54, 1.807) is 36.4 Å². The molecule has 0 saturated heterocycles. The highest BCUT2D eigenvalue weighted by atomic mass is 79.9. The molecule has 0 aliphatic heterocycles. The molecule has 0 heterocycles. The van der Waals surface area contributed by atoms with Crippen LogP contribution in [0.3, 0.4) is 0 Å². The molecule has 2 amide bonds. The maximum absolute atomic E-state index is 12.2. The number of nitrogens with one attached hydrogen (secondary N) is 2. The lowest BCUT2D eigenvalue weighted by atomic mass is 10.1. The first-order valence-electron chi connectivity index (χ1n) is 8.11. The third-order valence-corrected chi connectivity index (χ3v) is 4.34. The molecule has 0 aliphatic rings. The molecule has 0 radical (unpaired) electrons. The summed E-state index contributed by atoms with van der Waals surface area (Å²) in [6, 6.07) is 23.7. The minimum Gasteiger partial charge on any atom is -0.348 e. The van der Waals surface area contributed by atoms with Gasteiger partial charge >= 0.3 is 0 Å². The molecule has 4 nitrogen and oxygen atoms in total. The average Bonchev–Trinajstić information content (AvgIpc) is 2.68. The van der Waals surface area contributed by atoms with Crippen LogP contribution in [0.4, 0.5) is 5.69 Å². The van der Waals surface area contributed by atoms with Crippen LogP contribution in [0.25, 0.3) is 0 Å². The lowest BCUT2D eigenvalue weighted by Gasteiger charge is -2.08. The number of hydrogen-bond donors (Lipinski definition) is 2. The number of anilines is 1. The standard InChI is InChI=1S/C21H17BrN2O2/c22-18-10-6-17(7-11-18)21(26)24-19-12-8-16(9-13-19)20(25)23-14-15-4-2-1-3-5-15/h1-13H,14H2,(H,23,25)(H,24,26). The molecule has 0 aromatic heterocycles. The van der Waals surface area contributed by atoms with Crippen molar-refractivity contribution in [2.45, 2.75) is 6.54 Å². The summed E-state index contributed by atoms with van der Waals surface area (Å²) in [7, 11) is 0. The van der Waals surface area contributed by atoms with Crippen molar-refractivity contribution in [2.75, 3.05) is 5.32 Å². The van der Waals surface area contributed by atoms with Gasteiger partial charge in [-0.2, -0.15) is 0 Å². The van der Waals surface area contributed by atoms with E-state index in [0.29, 0.717) is 23.4 Å². The molecule has 0 saturated carbocycles. The second-order valence-electron chi connectivity index (χ2n) is 5.71. The Labute approximate surface area is 160 Å². The Balaban J connectivity index is 1.58. The lowest BCUT2D eigenvalue weighted by Crippen LogP contribution is -2.22. The second-order valence-corrected chi connectivity index (χ2v) is 6.62. The van der Waals surface area contributed by atoms with Crippen molar-refractivity contribution in [3.8, 4) is 0 Å². The van der Waals surface area contributed by atoms with E-state index in [0.717, 1.165) is 10.0 Å². The van der Waals surface area contributed by atoms with E-state index in [2.05, 4.69) is 26.6 Å². The lowest BCUT2D eigenvalue weighted by molar-refractivity contribution is 0.0950. The molecule has 2 N–H and O–H groups in total. The SMILES string of the molecule is O=C(NCc1ccccc1)c1ccc(NC(=O)c2ccc(Br)cc2)cc1. The van der Waals surface area contributed by atoms with Gasteiger partial charge < -0.3 is 10.6 Å². The van der Waals surface area contributed by atoms with Crippen molar-refractivity contribution in [1.82, 2.24) is 5.32 Å². The Morgan fingerprint density at radius 3 is 1.96 bits per heavy atom. The van der Waals surface area contributed by atoms with E-state index < -0.39 is 0 Å². The Bertz CT molecular complexity index is 892. The number of halogens is 1. The van der Waals surface area contributed by atoms with Gasteiger partial charge in [-0.3, -0.25) is 9.59 Å². The quantitative estimate of drug-likeness (QED) is 0.646. The first kappa shape index (κ1) is 17.9. The summed E-state index contributed by atoms with van der Waals surface area (Å²) in [5.74, 6) is -0.349. The van der Waals surface area contributed by atoms with Crippen molar-refractivity contribution in [3.63, 3.8) is 0 Å². The summed E-state index contributed by atoms with van der Waals surface area (Å²) < 4.78 is 0.917. The molecular weight excluding hydrogens is 392 g/mol. The fourth-order valence-electron chi connectivity index (χ4n) is 2.39. The topological polar surface area (TPSA) is 58.2 Å². The van der Waals surface area contributed by atoms with Crippen molar-refractivity contribution in [2.24, 2.45) is 0 Å². The summed E-state index contributed by atoms with van der Waals surface area (Å²) in [5, 5.41) is 5.69. The van der Waals surface area contributed by atoms with Gasteiger partial charge in [0.05, 0.1) is 0 Å². The first-order chi connectivity index (χ1) is 12.6. The molecule has 5 heteroatoms. The maximum atomic E-state index is 12.2. The fraction of sp³-hybridized carbons (Fsp3) is 0.0476. The summed E-state index contributed by atoms with van der Waals surface area (Å²) in [5.41, 5.74) is 2.79. The number of benzene rings is 3. The predicted molar refractivity (Wildman–Crippen MR) is 106 cm³/mol. The van der Waals surface area contributed by atoms with Crippen molar-refractivity contribution in [3.05, 3.63) is 100 Å². The van der Waals surface area contributed by atoms with Crippen LogP contribution in [0.15, 0.2) is 83.3 Å². The first-order valence-corrected chi connectivity index (χ1v) is 8.90. The van der Waals surface area contributed by atoms with E-state index in [1.165, 1.54) is 0 Å². The molecule has 0 aliphatic carbocycles. The molecule has 0 spiro atoms. The Morgan fingerprint density at radius 2 is 1.31 bits per heavy atom. The Kier molecular flexibility index (Phi) is 5.81.